The lowest BCUT2D eigenvalue weighted by Crippen LogP contribution is -2.17. The summed E-state index contributed by atoms with van der Waals surface area (Å²) >= 11 is 5.89. The van der Waals surface area contributed by atoms with Gasteiger partial charge >= 0.3 is 0 Å². The number of amides is 1. The molecule has 25 heavy (non-hydrogen) atoms. The molecular formula is C19H19ClN2O3. The predicted octanol–water partition coefficient (Wildman–Crippen LogP) is 3.83. The molecule has 2 aromatic carbocycles. The molecule has 6 heteroatoms. The normalized spacial score (nSPS) is 15.7. The van der Waals surface area contributed by atoms with Crippen LogP contribution in [0.3, 0.4) is 0 Å². The summed E-state index contributed by atoms with van der Waals surface area (Å²) in [7, 11) is 0. The summed E-state index contributed by atoms with van der Waals surface area (Å²) in [5, 5.41) is 4.53. The van der Waals surface area contributed by atoms with E-state index in [1.807, 2.05) is 26.0 Å². The maximum absolute atomic E-state index is 12.1. The van der Waals surface area contributed by atoms with E-state index in [4.69, 9.17) is 21.1 Å². The van der Waals surface area contributed by atoms with Gasteiger partial charge in [0.1, 0.15) is 17.6 Å². The van der Waals surface area contributed by atoms with Gasteiger partial charge in [-0.15, -0.1) is 0 Å². The summed E-state index contributed by atoms with van der Waals surface area (Å²) < 4.78 is 11.4. The van der Waals surface area contributed by atoms with Gasteiger partial charge in [0.2, 0.25) is 0 Å². The summed E-state index contributed by atoms with van der Waals surface area (Å²) in [5.74, 6) is 1.22. The molecule has 1 aliphatic rings. The molecule has 5 nitrogen and oxygen atoms in total. The standard InChI is InChI=1S/C19H19ClN2O3/c1-3-24-17-9-14-7-12(2)25-18(14)10-15(17)11-21-22-19(23)13-5-4-6-16(20)8-13/h4-6,8-12H,3,7H2,1-2H3,(H,22,23)/b21-11-/t12-/m0/s1. The molecule has 2 aromatic rings. The quantitative estimate of drug-likeness (QED) is 0.652. The Kier molecular flexibility index (Phi) is 5.24. The highest BCUT2D eigenvalue weighted by Crippen LogP contribution is 2.34. The van der Waals surface area contributed by atoms with Gasteiger partial charge in [-0.2, -0.15) is 5.10 Å². The highest BCUT2D eigenvalue weighted by molar-refractivity contribution is 6.30. The molecule has 0 saturated heterocycles. The van der Waals surface area contributed by atoms with Crippen molar-refractivity contribution in [3.8, 4) is 11.5 Å². The lowest BCUT2D eigenvalue weighted by Gasteiger charge is -2.09. The van der Waals surface area contributed by atoms with Crippen LogP contribution in [0.15, 0.2) is 41.5 Å². The minimum atomic E-state index is -0.331. The van der Waals surface area contributed by atoms with Crippen molar-refractivity contribution in [2.24, 2.45) is 5.10 Å². The van der Waals surface area contributed by atoms with E-state index in [-0.39, 0.29) is 12.0 Å². The number of nitrogens with one attached hydrogen (secondary N) is 1. The van der Waals surface area contributed by atoms with E-state index in [0.29, 0.717) is 17.2 Å². The maximum atomic E-state index is 12.1. The first kappa shape index (κ1) is 17.3. The fraction of sp³-hybridized carbons (Fsp3) is 0.263. The second kappa shape index (κ2) is 7.57. The van der Waals surface area contributed by atoms with Crippen molar-refractivity contribution in [3.05, 3.63) is 58.1 Å². The summed E-state index contributed by atoms with van der Waals surface area (Å²) in [5.41, 5.74) is 4.81. The summed E-state index contributed by atoms with van der Waals surface area (Å²) in [6.07, 6.45) is 2.57. The third-order valence-electron chi connectivity index (χ3n) is 3.78. The average molecular weight is 359 g/mol. The van der Waals surface area contributed by atoms with Crippen LogP contribution in [0.25, 0.3) is 0 Å². The van der Waals surface area contributed by atoms with Crippen molar-refractivity contribution in [1.82, 2.24) is 5.43 Å². The minimum absolute atomic E-state index is 0.152. The van der Waals surface area contributed by atoms with Crippen LogP contribution >= 0.6 is 11.6 Å². The summed E-state index contributed by atoms with van der Waals surface area (Å²) in [6, 6.07) is 10.5. The van der Waals surface area contributed by atoms with E-state index >= 15 is 0 Å². The number of rotatable bonds is 5. The minimum Gasteiger partial charge on any atom is -0.493 e. The van der Waals surface area contributed by atoms with Crippen LogP contribution in [0.5, 0.6) is 11.5 Å². The molecule has 1 aliphatic heterocycles. The monoisotopic (exact) mass is 358 g/mol. The van der Waals surface area contributed by atoms with Crippen molar-refractivity contribution in [2.75, 3.05) is 6.61 Å². The molecule has 0 aromatic heterocycles. The SMILES string of the molecule is CCOc1cc2c(cc1/C=N\NC(=O)c1cccc(Cl)c1)O[C@@H](C)C2. The smallest absolute Gasteiger partial charge is 0.271 e. The van der Waals surface area contributed by atoms with Crippen LogP contribution in [-0.2, 0) is 6.42 Å². The number of fused-ring (bicyclic) bond motifs is 1. The van der Waals surface area contributed by atoms with Crippen LogP contribution in [-0.4, -0.2) is 24.8 Å². The van der Waals surface area contributed by atoms with Gasteiger partial charge in [-0.25, -0.2) is 5.43 Å². The molecular weight excluding hydrogens is 340 g/mol. The lowest BCUT2D eigenvalue weighted by atomic mass is 10.1. The molecule has 0 unspecified atom stereocenters. The fourth-order valence-electron chi connectivity index (χ4n) is 2.69. The van der Waals surface area contributed by atoms with Gasteiger partial charge in [0.25, 0.3) is 5.91 Å². The number of hydrazone groups is 1. The fourth-order valence-corrected chi connectivity index (χ4v) is 2.88. The first-order valence-corrected chi connectivity index (χ1v) is 8.50. The Morgan fingerprint density at radius 3 is 3.04 bits per heavy atom. The second-order valence-electron chi connectivity index (χ2n) is 5.77. The van der Waals surface area contributed by atoms with Crippen molar-refractivity contribution >= 4 is 23.7 Å². The maximum Gasteiger partial charge on any atom is 0.271 e. The third kappa shape index (κ3) is 4.12. The van der Waals surface area contributed by atoms with E-state index in [0.717, 1.165) is 29.0 Å². The highest BCUT2D eigenvalue weighted by atomic mass is 35.5. The molecule has 130 valence electrons. The van der Waals surface area contributed by atoms with Gasteiger partial charge in [0.15, 0.2) is 0 Å². The lowest BCUT2D eigenvalue weighted by molar-refractivity contribution is 0.0955. The molecule has 1 heterocycles. The predicted molar refractivity (Wildman–Crippen MR) is 97.9 cm³/mol. The Bertz CT molecular complexity index is 820. The van der Waals surface area contributed by atoms with E-state index in [2.05, 4.69) is 10.5 Å². The Hall–Kier alpha value is -2.53. The Morgan fingerprint density at radius 1 is 1.44 bits per heavy atom. The number of hydrogen-bond donors (Lipinski definition) is 1. The first-order chi connectivity index (χ1) is 12.1. The number of ether oxygens (including phenoxy) is 2. The van der Waals surface area contributed by atoms with Crippen LogP contribution in [0.1, 0.15) is 35.3 Å². The number of carbonyl (C=O) groups excluding carboxylic acids is 1. The van der Waals surface area contributed by atoms with Gasteiger partial charge in [-0.1, -0.05) is 17.7 Å². The summed E-state index contributed by atoms with van der Waals surface area (Å²) in [4.78, 5) is 12.1. The molecule has 1 atom stereocenters. The molecule has 1 N–H and O–H groups in total. The molecule has 1 amide bonds. The molecule has 0 saturated carbocycles. The zero-order valence-corrected chi connectivity index (χ0v) is 14.8. The summed E-state index contributed by atoms with van der Waals surface area (Å²) in [6.45, 7) is 4.50. The van der Waals surface area contributed by atoms with E-state index < -0.39 is 0 Å². The molecule has 0 bridgehead atoms. The van der Waals surface area contributed by atoms with E-state index in [1.54, 1.807) is 30.5 Å². The molecule has 0 radical (unpaired) electrons. The third-order valence-corrected chi connectivity index (χ3v) is 4.02. The van der Waals surface area contributed by atoms with Gasteiger partial charge in [-0.05, 0) is 44.2 Å². The van der Waals surface area contributed by atoms with Crippen LogP contribution < -0.4 is 14.9 Å². The molecule has 0 fully saturated rings. The zero-order valence-electron chi connectivity index (χ0n) is 14.1. The number of hydrogen-bond acceptors (Lipinski definition) is 4. The van der Waals surface area contributed by atoms with Crippen molar-refractivity contribution in [3.63, 3.8) is 0 Å². The number of benzene rings is 2. The van der Waals surface area contributed by atoms with E-state index in [1.165, 1.54) is 0 Å². The Labute approximate surface area is 151 Å². The molecule has 0 aliphatic carbocycles. The number of carbonyl (C=O) groups is 1. The largest absolute Gasteiger partial charge is 0.493 e. The number of halogens is 1. The van der Waals surface area contributed by atoms with Crippen LogP contribution in [0, 0.1) is 0 Å². The van der Waals surface area contributed by atoms with Gasteiger partial charge in [-0.3, -0.25) is 4.79 Å². The Morgan fingerprint density at radius 2 is 2.28 bits per heavy atom. The van der Waals surface area contributed by atoms with Crippen molar-refractivity contribution in [1.29, 1.82) is 0 Å². The molecule has 0 spiro atoms. The second-order valence-corrected chi connectivity index (χ2v) is 6.21. The van der Waals surface area contributed by atoms with Crippen molar-refractivity contribution < 1.29 is 14.3 Å². The Balaban J connectivity index is 1.76. The zero-order chi connectivity index (χ0) is 17.8. The van der Waals surface area contributed by atoms with Gasteiger partial charge < -0.3 is 9.47 Å². The topological polar surface area (TPSA) is 59.9 Å². The van der Waals surface area contributed by atoms with Gasteiger partial charge in [0, 0.05) is 28.1 Å². The first-order valence-electron chi connectivity index (χ1n) is 8.12. The van der Waals surface area contributed by atoms with Crippen LogP contribution in [0.2, 0.25) is 5.02 Å². The van der Waals surface area contributed by atoms with E-state index in [9.17, 15) is 4.79 Å². The van der Waals surface area contributed by atoms with Crippen molar-refractivity contribution in [2.45, 2.75) is 26.4 Å². The van der Waals surface area contributed by atoms with Crippen LogP contribution in [0.4, 0.5) is 0 Å². The highest BCUT2D eigenvalue weighted by Gasteiger charge is 2.21. The number of nitrogens with zero attached hydrogens (tertiary/aromatic N) is 1. The molecule has 3 rings (SSSR count). The average Bonchev–Trinajstić information content (AvgIpc) is 2.94. The van der Waals surface area contributed by atoms with Gasteiger partial charge in [0.05, 0.1) is 12.8 Å².